The second kappa shape index (κ2) is 11.1. The van der Waals surface area contributed by atoms with Gasteiger partial charge in [0.1, 0.15) is 35.3 Å². The SMILES string of the molecule is CCOC(=O)CC1=C(C(=O)OCC)C2(C(=O)N(CC(=O)OCC)c3ccccc32)C(C(=O)OC)=C(N)O1. The first-order valence-corrected chi connectivity index (χ1v) is 11.6. The number of fused-ring (bicyclic) bond motifs is 2. The zero-order valence-electron chi connectivity index (χ0n) is 21.0. The largest absolute Gasteiger partial charge is 0.466 e. The molecule has 2 N–H and O–H groups in total. The van der Waals surface area contributed by atoms with Crippen molar-refractivity contribution >= 4 is 35.5 Å². The molecule has 0 saturated heterocycles. The molecule has 3 rings (SSSR count). The molecule has 2 heterocycles. The lowest BCUT2D eigenvalue weighted by molar-refractivity contribution is -0.143. The van der Waals surface area contributed by atoms with Crippen molar-refractivity contribution in [2.24, 2.45) is 5.73 Å². The summed E-state index contributed by atoms with van der Waals surface area (Å²) >= 11 is 0. The summed E-state index contributed by atoms with van der Waals surface area (Å²) < 4.78 is 25.8. The molecule has 2 aliphatic rings. The van der Waals surface area contributed by atoms with Crippen LogP contribution in [0.5, 0.6) is 0 Å². The normalized spacial score (nSPS) is 18.4. The van der Waals surface area contributed by atoms with E-state index < -0.39 is 65.2 Å². The summed E-state index contributed by atoms with van der Waals surface area (Å²) in [5.74, 6) is -5.35. The summed E-state index contributed by atoms with van der Waals surface area (Å²) in [7, 11) is 1.07. The maximum Gasteiger partial charge on any atom is 0.340 e. The van der Waals surface area contributed by atoms with E-state index in [4.69, 9.17) is 29.4 Å². The van der Waals surface area contributed by atoms with Gasteiger partial charge in [-0.3, -0.25) is 19.3 Å². The Kier molecular flexibility index (Phi) is 8.21. The number of ether oxygens (including phenoxy) is 5. The number of rotatable bonds is 9. The Morgan fingerprint density at radius 3 is 2.16 bits per heavy atom. The number of anilines is 1. The van der Waals surface area contributed by atoms with Crippen LogP contribution in [0.3, 0.4) is 0 Å². The van der Waals surface area contributed by atoms with Gasteiger partial charge in [-0.25, -0.2) is 9.59 Å². The van der Waals surface area contributed by atoms with Crippen LogP contribution in [0.15, 0.2) is 47.1 Å². The maximum absolute atomic E-state index is 14.3. The first-order chi connectivity index (χ1) is 17.7. The van der Waals surface area contributed by atoms with Crippen molar-refractivity contribution in [1.82, 2.24) is 0 Å². The topological polar surface area (TPSA) is 161 Å². The van der Waals surface area contributed by atoms with Crippen LogP contribution >= 0.6 is 0 Å². The van der Waals surface area contributed by atoms with Crippen LogP contribution in [0.1, 0.15) is 32.8 Å². The third kappa shape index (κ3) is 4.61. The summed E-state index contributed by atoms with van der Waals surface area (Å²) in [4.78, 5) is 66.9. The highest BCUT2D eigenvalue weighted by Crippen LogP contribution is 2.55. The van der Waals surface area contributed by atoms with Gasteiger partial charge in [-0.05, 0) is 26.8 Å². The number of methoxy groups -OCH3 is 1. The van der Waals surface area contributed by atoms with Gasteiger partial charge in [0.05, 0.1) is 26.9 Å². The number of carbonyl (C=O) groups excluding carboxylic acids is 5. The molecule has 0 saturated carbocycles. The molecule has 1 aromatic rings. The van der Waals surface area contributed by atoms with Crippen molar-refractivity contribution in [2.45, 2.75) is 32.6 Å². The summed E-state index contributed by atoms with van der Waals surface area (Å²) in [5, 5.41) is 0. The highest BCUT2D eigenvalue weighted by atomic mass is 16.6. The fourth-order valence-corrected chi connectivity index (χ4v) is 4.48. The Balaban J connectivity index is 2.40. The Bertz CT molecular complexity index is 1200. The third-order valence-electron chi connectivity index (χ3n) is 5.75. The van der Waals surface area contributed by atoms with E-state index in [1.807, 2.05) is 0 Å². The standard InChI is InChI=1S/C25H28N2O10/c1-5-34-17(28)12-16-19(23(31)36-7-3)25(20(21(26)37-16)22(30)33-4)14-10-8-9-11-15(14)27(24(25)32)13-18(29)35-6-2/h8-11H,5-7,12-13,26H2,1-4H3. The predicted molar refractivity (Wildman–Crippen MR) is 126 cm³/mol. The quantitative estimate of drug-likeness (QED) is 0.368. The van der Waals surface area contributed by atoms with E-state index >= 15 is 0 Å². The van der Waals surface area contributed by atoms with Gasteiger partial charge in [-0.15, -0.1) is 0 Å². The Labute approximate surface area is 212 Å². The number of benzene rings is 1. The molecule has 12 nitrogen and oxygen atoms in total. The predicted octanol–water partition coefficient (Wildman–Crippen LogP) is 0.978. The van der Waals surface area contributed by atoms with E-state index in [-0.39, 0.29) is 36.8 Å². The van der Waals surface area contributed by atoms with Crippen LogP contribution in [-0.2, 0) is 53.1 Å². The van der Waals surface area contributed by atoms with Crippen molar-refractivity contribution in [3.63, 3.8) is 0 Å². The molecule has 0 bridgehead atoms. The first-order valence-electron chi connectivity index (χ1n) is 11.6. The number of carbonyl (C=O) groups is 5. The average molecular weight is 517 g/mol. The minimum atomic E-state index is -2.24. The van der Waals surface area contributed by atoms with Crippen LogP contribution in [0.2, 0.25) is 0 Å². The van der Waals surface area contributed by atoms with Crippen molar-refractivity contribution in [1.29, 1.82) is 0 Å². The minimum Gasteiger partial charge on any atom is -0.466 e. The van der Waals surface area contributed by atoms with Crippen LogP contribution in [0, 0.1) is 0 Å². The number of amides is 1. The number of nitrogens with zero attached hydrogens (tertiary/aromatic N) is 1. The number of para-hydroxylation sites is 1. The van der Waals surface area contributed by atoms with E-state index in [1.165, 1.54) is 12.1 Å². The lowest BCUT2D eigenvalue weighted by Crippen LogP contribution is -2.51. The summed E-state index contributed by atoms with van der Waals surface area (Å²) in [6, 6.07) is 6.23. The molecule has 0 radical (unpaired) electrons. The van der Waals surface area contributed by atoms with Gasteiger partial charge in [-0.2, -0.15) is 0 Å². The maximum atomic E-state index is 14.3. The summed E-state index contributed by atoms with van der Waals surface area (Å²) in [5.41, 5.74) is 3.33. The molecule has 0 fully saturated rings. The molecule has 0 aromatic heterocycles. The number of hydrogen-bond donors (Lipinski definition) is 1. The van der Waals surface area contributed by atoms with Gasteiger partial charge in [0.15, 0.2) is 0 Å². The van der Waals surface area contributed by atoms with Gasteiger partial charge in [-0.1, -0.05) is 18.2 Å². The fourth-order valence-electron chi connectivity index (χ4n) is 4.48. The van der Waals surface area contributed by atoms with Crippen LogP contribution in [0.4, 0.5) is 5.69 Å². The summed E-state index contributed by atoms with van der Waals surface area (Å²) in [6.07, 6.45) is -0.591. The molecular formula is C25H28N2O10. The van der Waals surface area contributed by atoms with E-state index in [0.717, 1.165) is 12.0 Å². The van der Waals surface area contributed by atoms with Crippen LogP contribution in [0.25, 0.3) is 0 Å². The van der Waals surface area contributed by atoms with Crippen LogP contribution in [-0.4, -0.2) is 63.3 Å². The third-order valence-corrected chi connectivity index (χ3v) is 5.75. The Hall–Kier alpha value is -4.35. The fraction of sp³-hybridized carbons (Fsp3) is 0.400. The number of nitrogens with two attached hydrogens (primary N) is 1. The van der Waals surface area contributed by atoms with Crippen molar-refractivity contribution in [3.8, 4) is 0 Å². The van der Waals surface area contributed by atoms with E-state index in [1.54, 1.807) is 32.9 Å². The zero-order valence-corrected chi connectivity index (χ0v) is 21.0. The molecule has 0 aliphatic carbocycles. The second-order valence-electron chi connectivity index (χ2n) is 7.80. The van der Waals surface area contributed by atoms with E-state index in [0.29, 0.717) is 0 Å². The van der Waals surface area contributed by atoms with E-state index in [2.05, 4.69) is 0 Å². The van der Waals surface area contributed by atoms with Gasteiger partial charge in [0.25, 0.3) is 0 Å². The molecule has 1 spiro atoms. The number of hydrogen-bond acceptors (Lipinski definition) is 11. The van der Waals surface area contributed by atoms with Crippen LogP contribution < -0.4 is 10.6 Å². The molecule has 1 amide bonds. The average Bonchev–Trinajstić information content (AvgIpc) is 3.07. The molecular weight excluding hydrogens is 488 g/mol. The lowest BCUT2D eigenvalue weighted by atomic mass is 9.67. The molecule has 2 aliphatic heterocycles. The molecule has 1 atom stereocenters. The summed E-state index contributed by atoms with van der Waals surface area (Å²) in [6.45, 7) is 4.24. The lowest BCUT2D eigenvalue weighted by Gasteiger charge is -2.36. The van der Waals surface area contributed by atoms with Crippen molar-refractivity contribution in [3.05, 3.63) is 52.6 Å². The van der Waals surface area contributed by atoms with Crippen molar-refractivity contribution < 1.29 is 47.7 Å². The van der Waals surface area contributed by atoms with Gasteiger partial charge >= 0.3 is 23.9 Å². The Morgan fingerprint density at radius 1 is 0.919 bits per heavy atom. The molecule has 1 unspecified atom stereocenters. The monoisotopic (exact) mass is 516 g/mol. The van der Waals surface area contributed by atoms with E-state index in [9.17, 15) is 24.0 Å². The Morgan fingerprint density at radius 2 is 1.54 bits per heavy atom. The number of esters is 4. The molecule has 37 heavy (non-hydrogen) atoms. The van der Waals surface area contributed by atoms with Gasteiger partial charge in [0, 0.05) is 11.3 Å². The molecule has 12 heteroatoms. The first kappa shape index (κ1) is 27.2. The molecule has 198 valence electrons. The molecule has 1 aromatic carbocycles. The smallest absolute Gasteiger partial charge is 0.340 e. The second-order valence-corrected chi connectivity index (χ2v) is 7.80. The van der Waals surface area contributed by atoms with Gasteiger partial charge in [0.2, 0.25) is 11.8 Å². The highest BCUT2D eigenvalue weighted by Gasteiger charge is 2.64. The van der Waals surface area contributed by atoms with Crippen molar-refractivity contribution in [2.75, 3.05) is 38.4 Å². The van der Waals surface area contributed by atoms with Gasteiger partial charge < -0.3 is 29.4 Å². The highest BCUT2D eigenvalue weighted by molar-refractivity contribution is 6.23. The minimum absolute atomic E-state index is 0.0415. The zero-order chi connectivity index (χ0) is 27.3.